The van der Waals surface area contributed by atoms with E-state index in [2.05, 4.69) is 4.98 Å². The Balaban J connectivity index is 0.00000225. The van der Waals surface area contributed by atoms with E-state index in [1.54, 1.807) is 0 Å². The fraction of sp³-hybridized carbons (Fsp3) is 0.143. The van der Waals surface area contributed by atoms with E-state index < -0.39 is 11.7 Å². The minimum absolute atomic E-state index is 0. The van der Waals surface area contributed by atoms with Gasteiger partial charge in [-0.1, -0.05) is 11.6 Å². The van der Waals surface area contributed by atoms with Gasteiger partial charge in [0.2, 0.25) is 0 Å². The Bertz CT molecular complexity index is 397. The molecule has 3 N–H and O–H groups in total. The molecule has 0 radical (unpaired) electrons. The van der Waals surface area contributed by atoms with Crippen molar-refractivity contribution in [2.24, 2.45) is 5.73 Å². The molecule has 0 spiro atoms. The predicted molar refractivity (Wildman–Crippen MR) is 59.3 cm³/mol. The molecule has 3 nitrogen and oxygen atoms in total. The molecule has 0 aromatic carbocycles. The molecule has 0 saturated carbocycles. The van der Waals surface area contributed by atoms with Gasteiger partial charge in [-0.25, -0.2) is 4.98 Å². The van der Waals surface area contributed by atoms with E-state index in [9.17, 15) is 13.2 Å². The highest BCUT2D eigenvalue weighted by Gasteiger charge is 2.31. The number of amidine groups is 1. The lowest BCUT2D eigenvalue weighted by atomic mass is 10.3. The van der Waals surface area contributed by atoms with Crippen molar-refractivity contribution in [3.05, 3.63) is 22.8 Å². The summed E-state index contributed by atoms with van der Waals surface area (Å²) in [6.45, 7) is 0. The molecule has 0 aliphatic heterocycles. The van der Waals surface area contributed by atoms with Gasteiger partial charge in [0.15, 0.2) is 5.17 Å². The maximum atomic E-state index is 12.2. The summed E-state index contributed by atoms with van der Waals surface area (Å²) in [7, 11) is 0. The van der Waals surface area contributed by atoms with E-state index in [4.69, 9.17) is 22.7 Å². The number of aromatic nitrogens is 1. The van der Waals surface area contributed by atoms with Gasteiger partial charge in [-0.3, -0.25) is 5.41 Å². The van der Waals surface area contributed by atoms with Gasteiger partial charge in [-0.2, -0.15) is 13.2 Å². The van der Waals surface area contributed by atoms with Crippen LogP contribution in [0, 0.1) is 5.41 Å². The number of nitrogens with two attached hydrogens (primary N) is 1. The highest BCUT2D eigenvalue weighted by Crippen LogP contribution is 2.33. The first-order chi connectivity index (χ1) is 6.80. The fourth-order valence-electron chi connectivity index (χ4n) is 0.760. The monoisotopic (exact) mass is 291 g/mol. The van der Waals surface area contributed by atoms with Gasteiger partial charge in [0.25, 0.3) is 0 Å². The molecule has 1 rings (SSSR count). The van der Waals surface area contributed by atoms with E-state index in [-0.39, 0.29) is 27.6 Å². The lowest BCUT2D eigenvalue weighted by Crippen LogP contribution is -2.07. The molecule has 0 saturated heterocycles. The number of hydrogen-bond donors (Lipinski definition) is 2. The summed E-state index contributed by atoms with van der Waals surface area (Å²) < 4.78 is 36.6. The van der Waals surface area contributed by atoms with Crippen molar-refractivity contribution in [3.8, 4) is 0 Å². The average Bonchev–Trinajstić information content (AvgIpc) is 2.05. The summed E-state index contributed by atoms with van der Waals surface area (Å²) in [5.41, 5.74) is 4.11. The van der Waals surface area contributed by atoms with Crippen LogP contribution in [0.2, 0.25) is 5.02 Å². The number of alkyl halides is 3. The minimum atomic E-state index is -4.48. The Morgan fingerprint density at radius 1 is 1.50 bits per heavy atom. The second-order valence-corrected chi connectivity index (χ2v) is 3.91. The number of pyridine rings is 1. The number of nitrogens with one attached hydrogen (secondary N) is 1. The Morgan fingerprint density at radius 3 is 2.44 bits per heavy atom. The lowest BCUT2D eigenvalue weighted by Gasteiger charge is -2.07. The van der Waals surface area contributed by atoms with Crippen LogP contribution in [-0.2, 0) is 6.18 Å². The number of halogens is 5. The third-order valence-electron chi connectivity index (χ3n) is 1.34. The predicted octanol–water partition coefficient (Wildman–Crippen LogP) is 3.16. The second-order valence-electron chi connectivity index (χ2n) is 2.48. The zero-order valence-electron chi connectivity index (χ0n) is 7.51. The van der Waals surface area contributed by atoms with Gasteiger partial charge in [-0.15, -0.1) is 12.4 Å². The van der Waals surface area contributed by atoms with Crippen LogP contribution in [0.5, 0.6) is 0 Å². The van der Waals surface area contributed by atoms with Crippen LogP contribution in [0.3, 0.4) is 0 Å². The van der Waals surface area contributed by atoms with Crippen LogP contribution in [-0.4, -0.2) is 10.2 Å². The maximum Gasteiger partial charge on any atom is 0.417 e. The Kier molecular flexibility index (Phi) is 5.37. The van der Waals surface area contributed by atoms with Crippen LogP contribution >= 0.6 is 35.8 Å². The minimum Gasteiger partial charge on any atom is -0.378 e. The van der Waals surface area contributed by atoms with Crippen LogP contribution in [0.15, 0.2) is 17.3 Å². The SMILES string of the molecule is Cl.N=C(N)Sc1ncc(C(F)(F)F)cc1Cl. The van der Waals surface area contributed by atoms with Crippen molar-refractivity contribution in [3.63, 3.8) is 0 Å². The Morgan fingerprint density at radius 2 is 2.06 bits per heavy atom. The Labute approximate surface area is 104 Å². The maximum absolute atomic E-state index is 12.2. The molecular formula is C7H6Cl2F3N3S. The first-order valence-electron chi connectivity index (χ1n) is 3.55. The van der Waals surface area contributed by atoms with E-state index in [1.165, 1.54) is 0 Å². The van der Waals surface area contributed by atoms with Gasteiger partial charge in [-0.05, 0) is 17.8 Å². The molecule has 0 aliphatic carbocycles. The van der Waals surface area contributed by atoms with Crippen LogP contribution in [0.25, 0.3) is 0 Å². The van der Waals surface area contributed by atoms with Gasteiger partial charge in [0.1, 0.15) is 5.03 Å². The summed E-state index contributed by atoms with van der Waals surface area (Å²) in [6, 6.07) is 0.750. The molecule has 9 heteroatoms. The van der Waals surface area contributed by atoms with Crippen molar-refractivity contribution in [2.75, 3.05) is 0 Å². The molecule has 0 fully saturated rings. The standard InChI is InChI=1S/C7H5ClF3N3S.ClH/c8-4-1-3(7(9,10)11)2-14-5(4)15-6(12)13;/h1-2H,(H3,12,13);1H. The van der Waals surface area contributed by atoms with Crippen LogP contribution in [0.4, 0.5) is 13.2 Å². The van der Waals surface area contributed by atoms with E-state index in [0.29, 0.717) is 18.0 Å². The van der Waals surface area contributed by atoms with Gasteiger partial charge in [0.05, 0.1) is 10.6 Å². The van der Waals surface area contributed by atoms with E-state index in [1.807, 2.05) is 0 Å². The highest BCUT2D eigenvalue weighted by molar-refractivity contribution is 8.13. The molecule has 1 heterocycles. The number of rotatable bonds is 1. The fourth-order valence-corrected chi connectivity index (χ4v) is 1.51. The van der Waals surface area contributed by atoms with Crippen molar-refractivity contribution >= 4 is 40.9 Å². The van der Waals surface area contributed by atoms with Crippen molar-refractivity contribution < 1.29 is 13.2 Å². The smallest absolute Gasteiger partial charge is 0.378 e. The second kappa shape index (κ2) is 5.60. The third kappa shape index (κ3) is 4.07. The number of nitrogens with zero attached hydrogens (tertiary/aromatic N) is 1. The highest BCUT2D eigenvalue weighted by atomic mass is 35.5. The van der Waals surface area contributed by atoms with Crippen molar-refractivity contribution in [1.82, 2.24) is 4.98 Å². The summed E-state index contributed by atoms with van der Waals surface area (Å²) >= 11 is 6.24. The third-order valence-corrected chi connectivity index (χ3v) is 2.48. The average molecular weight is 292 g/mol. The van der Waals surface area contributed by atoms with Crippen LogP contribution < -0.4 is 5.73 Å². The van der Waals surface area contributed by atoms with Gasteiger partial charge >= 0.3 is 6.18 Å². The van der Waals surface area contributed by atoms with Crippen molar-refractivity contribution in [1.29, 1.82) is 5.41 Å². The molecule has 0 bridgehead atoms. The molecule has 0 amide bonds. The summed E-state index contributed by atoms with van der Waals surface area (Å²) in [5.74, 6) is 0. The summed E-state index contributed by atoms with van der Waals surface area (Å²) in [6.07, 6.45) is -3.83. The number of hydrogen-bond acceptors (Lipinski definition) is 3. The molecule has 0 unspecified atom stereocenters. The molecule has 90 valence electrons. The molecule has 16 heavy (non-hydrogen) atoms. The summed E-state index contributed by atoms with van der Waals surface area (Å²) in [4.78, 5) is 3.48. The van der Waals surface area contributed by atoms with Crippen molar-refractivity contribution in [2.45, 2.75) is 11.2 Å². The molecule has 1 aromatic rings. The largest absolute Gasteiger partial charge is 0.417 e. The topological polar surface area (TPSA) is 62.8 Å². The quantitative estimate of drug-likeness (QED) is 0.475. The van der Waals surface area contributed by atoms with Gasteiger partial charge in [0, 0.05) is 6.20 Å². The molecular weight excluding hydrogens is 286 g/mol. The van der Waals surface area contributed by atoms with Crippen LogP contribution in [0.1, 0.15) is 5.56 Å². The van der Waals surface area contributed by atoms with Gasteiger partial charge < -0.3 is 5.73 Å². The number of thioether (sulfide) groups is 1. The summed E-state index contributed by atoms with van der Waals surface area (Å²) in [5, 5.41) is 6.54. The zero-order chi connectivity index (χ0) is 11.6. The molecule has 0 atom stereocenters. The molecule has 0 aliphatic rings. The first-order valence-corrected chi connectivity index (χ1v) is 4.75. The first kappa shape index (κ1) is 15.3. The van der Waals surface area contributed by atoms with E-state index >= 15 is 0 Å². The molecule has 1 aromatic heterocycles. The Hall–Kier alpha value is -0.660. The van der Waals surface area contributed by atoms with E-state index in [0.717, 1.165) is 6.07 Å². The lowest BCUT2D eigenvalue weighted by molar-refractivity contribution is -0.137. The normalized spacial score (nSPS) is 10.8. The zero-order valence-corrected chi connectivity index (χ0v) is 9.90.